The normalized spacial score (nSPS) is 12.0. The van der Waals surface area contributed by atoms with E-state index in [1.54, 1.807) is 48.5 Å². The maximum atomic E-state index is 13.0. The lowest BCUT2D eigenvalue weighted by atomic mass is 9.96. The predicted octanol–water partition coefficient (Wildman–Crippen LogP) is 11.1. The molecule has 6 aromatic rings. The van der Waals surface area contributed by atoms with E-state index in [0.717, 1.165) is 68.7 Å². The Hall–Kier alpha value is -5.09. The first kappa shape index (κ1) is 33.8. The molecule has 0 aromatic heterocycles. The second-order valence-corrected chi connectivity index (χ2v) is 12.4. The summed E-state index contributed by atoms with van der Waals surface area (Å²) < 4.78 is 78.0. The molecular weight excluding hydrogens is 660 g/mol. The van der Waals surface area contributed by atoms with Crippen LogP contribution in [0.3, 0.4) is 0 Å². The lowest BCUT2D eigenvalue weighted by Gasteiger charge is -2.11. The number of carbonyl (C=O) groups is 2. The van der Waals surface area contributed by atoms with Gasteiger partial charge in [0, 0.05) is 23.4 Å². The molecule has 0 spiro atoms. The number of nitrogens with one attached hydrogen (secondary N) is 1. The summed E-state index contributed by atoms with van der Waals surface area (Å²) >= 11 is 1.13. The molecule has 1 amide bonds. The van der Waals surface area contributed by atoms with Gasteiger partial charge in [0.25, 0.3) is 5.91 Å². The second kappa shape index (κ2) is 13.8. The fraction of sp³-hybridized carbons (Fsp3) is 0.128. The van der Waals surface area contributed by atoms with Crippen LogP contribution < -0.4 is 5.32 Å². The largest absolute Gasteiger partial charge is 0.416 e. The molecule has 248 valence electrons. The van der Waals surface area contributed by atoms with E-state index >= 15 is 0 Å². The van der Waals surface area contributed by atoms with Gasteiger partial charge in [-0.3, -0.25) is 9.59 Å². The number of benzene rings is 6. The Labute approximate surface area is 282 Å². The first-order chi connectivity index (χ1) is 23.4. The Balaban J connectivity index is 1.03. The number of hydrogen-bond donors (Lipinski definition) is 1. The molecule has 0 aliphatic carbocycles. The van der Waals surface area contributed by atoms with Crippen molar-refractivity contribution in [2.24, 2.45) is 0 Å². The van der Waals surface area contributed by atoms with Gasteiger partial charge in [-0.15, -0.1) is 0 Å². The average Bonchev–Trinajstić information content (AvgIpc) is 3.09. The minimum Gasteiger partial charge on any atom is -0.352 e. The number of amides is 1. The van der Waals surface area contributed by atoms with E-state index in [1.807, 2.05) is 24.3 Å². The molecule has 10 heteroatoms. The molecule has 3 nitrogen and oxygen atoms in total. The van der Waals surface area contributed by atoms with Crippen LogP contribution in [0.2, 0.25) is 0 Å². The Morgan fingerprint density at radius 2 is 1.04 bits per heavy atom. The van der Waals surface area contributed by atoms with Crippen LogP contribution in [0.5, 0.6) is 0 Å². The third-order valence-corrected chi connectivity index (χ3v) is 9.14. The molecule has 0 heterocycles. The van der Waals surface area contributed by atoms with E-state index < -0.39 is 23.5 Å². The van der Waals surface area contributed by atoms with Crippen molar-refractivity contribution in [3.8, 4) is 22.3 Å². The van der Waals surface area contributed by atoms with Crippen LogP contribution in [0, 0.1) is 0 Å². The summed E-state index contributed by atoms with van der Waals surface area (Å²) in [5.74, 6) is 0.188. The molecule has 0 unspecified atom stereocenters. The van der Waals surface area contributed by atoms with Crippen molar-refractivity contribution in [1.82, 2.24) is 5.32 Å². The Morgan fingerprint density at radius 1 is 0.571 bits per heavy atom. The van der Waals surface area contributed by atoms with Crippen LogP contribution in [0.25, 0.3) is 43.8 Å². The van der Waals surface area contributed by atoms with Crippen molar-refractivity contribution in [1.29, 1.82) is 0 Å². The van der Waals surface area contributed by atoms with Crippen molar-refractivity contribution in [3.05, 3.63) is 144 Å². The van der Waals surface area contributed by atoms with Gasteiger partial charge in [0.15, 0.2) is 0 Å². The highest BCUT2D eigenvalue weighted by Gasteiger charge is 2.31. The van der Waals surface area contributed by atoms with Crippen molar-refractivity contribution in [2.75, 3.05) is 12.3 Å². The maximum absolute atomic E-state index is 13.0. The smallest absolute Gasteiger partial charge is 0.352 e. The van der Waals surface area contributed by atoms with E-state index in [-0.39, 0.29) is 11.0 Å². The number of alkyl halides is 6. The van der Waals surface area contributed by atoms with Crippen LogP contribution in [0.15, 0.2) is 121 Å². The molecule has 0 bridgehead atoms. The summed E-state index contributed by atoms with van der Waals surface area (Å²) in [5, 5.41) is 5.92. The van der Waals surface area contributed by atoms with E-state index in [1.165, 1.54) is 24.3 Å². The molecule has 0 saturated carbocycles. The summed E-state index contributed by atoms with van der Waals surface area (Å²) in [6.45, 7) is 0.344. The summed E-state index contributed by atoms with van der Waals surface area (Å²) in [6, 6.07) is 31.3. The number of carbonyl (C=O) groups excluding carboxylic acids is 2. The Morgan fingerprint density at radius 3 is 1.53 bits per heavy atom. The third-order valence-electron chi connectivity index (χ3n) is 8.15. The quantitative estimate of drug-likeness (QED) is 0.128. The van der Waals surface area contributed by atoms with Gasteiger partial charge in [-0.1, -0.05) is 84.6 Å². The molecule has 0 radical (unpaired) electrons. The van der Waals surface area contributed by atoms with Gasteiger partial charge in [0.2, 0.25) is 5.12 Å². The van der Waals surface area contributed by atoms with Gasteiger partial charge < -0.3 is 5.32 Å². The topological polar surface area (TPSA) is 46.2 Å². The van der Waals surface area contributed by atoms with Gasteiger partial charge in [0.1, 0.15) is 0 Å². The molecular formula is C39H27F6NO2S. The van der Waals surface area contributed by atoms with Gasteiger partial charge >= 0.3 is 12.4 Å². The van der Waals surface area contributed by atoms with E-state index in [4.69, 9.17) is 0 Å². The Bertz CT molecular complexity index is 2000. The molecule has 6 rings (SSSR count). The summed E-state index contributed by atoms with van der Waals surface area (Å²) in [5.41, 5.74) is 2.29. The monoisotopic (exact) mass is 687 g/mol. The van der Waals surface area contributed by atoms with Crippen molar-refractivity contribution in [2.45, 2.75) is 18.8 Å². The van der Waals surface area contributed by atoms with Gasteiger partial charge in [0.05, 0.1) is 11.1 Å². The highest BCUT2D eigenvalue weighted by atomic mass is 32.2. The zero-order valence-corrected chi connectivity index (χ0v) is 26.5. The average molecular weight is 688 g/mol. The standard InChI is InChI=1S/C39H27F6NO2S/c40-38(41,42)30-14-8-24(9-15-30)32-6-1-4-26-22-28(12-18-34(26)32)36(47)46-20-3-21-49-37(48)29-13-19-35-27(23-29)5-2-7-33(35)25-10-16-31(17-11-25)39(43,44)45/h1-2,4-19,22-23H,3,20-21H2,(H,46,47). The first-order valence-electron chi connectivity index (χ1n) is 15.2. The summed E-state index contributed by atoms with van der Waals surface area (Å²) in [4.78, 5) is 25.8. The molecule has 0 saturated heterocycles. The van der Waals surface area contributed by atoms with E-state index in [0.29, 0.717) is 41.0 Å². The maximum Gasteiger partial charge on any atom is 0.416 e. The van der Waals surface area contributed by atoms with Crippen LogP contribution in [0.4, 0.5) is 26.3 Å². The summed E-state index contributed by atoms with van der Waals surface area (Å²) in [6.07, 6.45) is -8.29. The predicted molar refractivity (Wildman–Crippen MR) is 183 cm³/mol. The summed E-state index contributed by atoms with van der Waals surface area (Å²) in [7, 11) is 0. The second-order valence-electron chi connectivity index (χ2n) is 11.4. The highest BCUT2D eigenvalue weighted by molar-refractivity contribution is 8.14. The van der Waals surface area contributed by atoms with Gasteiger partial charge in [-0.25, -0.2) is 0 Å². The molecule has 49 heavy (non-hydrogen) atoms. The third kappa shape index (κ3) is 7.65. The number of halogens is 6. The van der Waals surface area contributed by atoms with Gasteiger partial charge in [-0.2, -0.15) is 26.3 Å². The van der Waals surface area contributed by atoms with Gasteiger partial charge in [-0.05, 0) is 98.8 Å². The van der Waals surface area contributed by atoms with Crippen LogP contribution >= 0.6 is 11.8 Å². The fourth-order valence-electron chi connectivity index (χ4n) is 5.64. The molecule has 0 aliphatic rings. The zero-order valence-electron chi connectivity index (χ0n) is 25.7. The number of fused-ring (bicyclic) bond motifs is 2. The molecule has 1 N–H and O–H groups in total. The first-order valence-corrected chi connectivity index (χ1v) is 16.2. The molecule has 6 aromatic carbocycles. The van der Waals surface area contributed by atoms with E-state index in [9.17, 15) is 35.9 Å². The van der Waals surface area contributed by atoms with Crippen molar-refractivity contribution < 1.29 is 35.9 Å². The highest BCUT2D eigenvalue weighted by Crippen LogP contribution is 2.35. The molecule has 0 fully saturated rings. The SMILES string of the molecule is O=C(NCCCSC(=O)c1ccc2c(-c3ccc(C(F)(F)F)cc3)cccc2c1)c1ccc2c(-c3ccc(C(F)(F)F)cc3)cccc2c1. The minimum atomic E-state index is -4.42. The van der Waals surface area contributed by atoms with Crippen LogP contribution in [-0.4, -0.2) is 23.3 Å². The van der Waals surface area contributed by atoms with Crippen molar-refractivity contribution in [3.63, 3.8) is 0 Å². The van der Waals surface area contributed by atoms with Crippen LogP contribution in [0.1, 0.15) is 38.3 Å². The molecule has 0 aliphatic heterocycles. The number of thioether (sulfide) groups is 1. The zero-order chi connectivity index (χ0) is 34.8. The minimum absolute atomic E-state index is 0.133. The van der Waals surface area contributed by atoms with E-state index in [2.05, 4.69) is 5.32 Å². The lowest BCUT2D eigenvalue weighted by molar-refractivity contribution is -0.138. The Kier molecular flexibility index (Phi) is 9.52. The van der Waals surface area contributed by atoms with Crippen LogP contribution in [-0.2, 0) is 12.4 Å². The molecule has 0 atom stereocenters. The number of rotatable bonds is 8. The lowest BCUT2D eigenvalue weighted by Crippen LogP contribution is -2.24. The fourth-order valence-corrected chi connectivity index (χ4v) is 6.41. The van der Waals surface area contributed by atoms with Crippen molar-refractivity contribution >= 4 is 44.3 Å². The number of hydrogen-bond acceptors (Lipinski definition) is 3.